The van der Waals surface area contributed by atoms with Crippen molar-refractivity contribution in [2.24, 2.45) is 0 Å². The van der Waals surface area contributed by atoms with Crippen LogP contribution in [0.1, 0.15) is 33.3 Å². The predicted octanol–water partition coefficient (Wildman–Crippen LogP) is 2.68. The normalized spacial score (nSPS) is 13.8. The van der Waals surface area contributed by atoms with Crippen molar-refractivity contribution in [3.63, 3.8) is 0 Å². The van der Waals surface area contributed by atoms with E-state index in [1.807, 2.05) is 12.1 Å². The number of aromatic hydroxyl groups is 1. The van der Waals surface area contributed by atoms with E-state index in [4.69, 9.17) is 16.3 Å². The summed E-state index contributed by atoms with van der Waals surface area (Å²) in [6.45, 7) is 3.25. The molecule has 1 aliphatic heterocycles. The molecule has 6 nitrogen and oxygen atoms in total. The van der Waals surface area contributed by atoms with Crippen LogP contribution in [0.25, 0.3) is 0 Å². The Balaban J connectivity index is 1.86. The fourth-order valence-corrected chi connectivity index (χ4v) is 3.00. The van der Waals surface area contributed by atoms with Crippen molar-refractivity contribution in [1.82, 2.24) is 9.47 Å². The van der Waals surface area contributed by atoms with Crippen LogP contribution in [0.15, 0.2) is 30.5 Å². The first-order valence-electron chi connectivity index (χ1n) is 7.64. The number of nitrogens with zero attached hydrogens (tertiary/aromatic N) is 2. The van der Waals surface area contributed by atoms with E-state index in [0.717, 1.165) is 5.56 Å². The van der Waals surface area contributed by atoms with Crippen LogP contribution in [0.3, 0.4) is 0 Å². The third kappa shape index (κ3) is 2.97. The van der Waals surface area contributed by atoms with Gasteiger partial charge < -0.3 is 19.3 Å². The number of ether oxygens (including phenoxy) is 1. The van der Waals surface area contributed by atoms with E-state index in [-0.39, 0.29) is 29.5 Å². The van der Waals surface area contributed by atoms with E-state index in [0.29, 0.717) is 24.7 Å². The van der Waals surface area contributed by atoms with E-state index < -0.39 is 5.97 Å². The van der Waals surface area contributed by atoms with Gasteiger partial charge >= 0.3 is 5.97 Å². The highest BCUT2D eigenvalue weighted by atomic mass is 35.5. The molecule has 0 saturated heterocycles. The molecule has 1 N–H and O–H groups in total. The van der Waals surface area contributed by atoms with Crippen molar-refractivity contribution < 1.29 is 19.4 Å². The lowest BCUT2D eigenvalue weighted by atomic mass is 10.1. The van der Waals surface area contributed by atoms with Gasteiger partial charge in [0, 0.05) is 30.9 Å². The Morgan fingerprint density at radius 3 is 2.88 bits per heavy atom. The second kappa shape index (κ2) is 6.57. The SMILES string of the molecule is CCOC(=O)c1cn2c(c1O)C(=O)N(Cc1cccc(Cl)c1)CC2. The number of hydrogen-bond acceptors (Lipinski definition) is 4. The molecule has 0 aliphatic carbocycles. The molecule has 126 valence electrons. The van der Waals surface area contributed by atoms with Gasteiger partial charge in [0.25, 0.3) is 5.91 Å². The number of amides is 1. The van der Waals surface area contributed by atoms with Crippen LogP contribution in [-0.4, -0.2) is 39.6 Å². The molecule has 1 aromatic heterocycles. The van der Waals surface area contributed by atoms with Crippen molar-refractivity contribution in [2.75, 3.05) is 13.2 Å². The number of hydrogen-bond donors (Lipinski definition) is 1. The maximum atomic E-state index is 12.7. The van der Waals surface area contributed by atoms with Crippen molar-refractivity contribution in [3.05, 3.63) is 52.3 Å². The lowest BCUT2D eigenvalue weighted by molar-refractivity contribution is 0.0523. The number of halogens is 1. The number of carbonyl (C=O) groups excluding carboxylic acids is 2. The highest BCUT2D eigenvalue weighted by Crippen LogP contribution is 2.30. The molecule has 3 rings (SSSR count). The number of rotatable bonds is 4. The predicted molar refractivity (Wildman–Crippen MR) is 88.2 cm³/mol. The zero-order chi connectivity index (χ0) is 17.3. The fourth-order valence-electron chi connectivity index (χ4n) is 2.79. The Bertz CT molecular complexity index is 800. The zero-order valence-corrected chi connectivity index (χ0v) is 13.9. The minimum Gasteiger partial charge on any atom is -0.505 e. The van der Waals surface area contributed by atoms with E-state index >= 15 is 0 Å². The second-order valence-electron chi connectivity index (χ2n) is 5.51. The van der Waals surface area contributed by atoms with Gasteiger partial charge in [-0.3, -0.25) is 4.79 Å². The van der Waals surface area contributed by atoms with Gasteiger partial charge in [-0.1, -0.05) is 23.7 Å². The molecule has 1 aliphatic rings. The molecule has 24 heavy (non-hydrogen) atoms. The lowest BCUT2D eigenvalue weighted by Crippen LogP contribution is -2.39. The Morgan fingerprint density at radius 2 is 2.17 bits per heavy atom. The molecule has 0 unspecified atom stereocenters. The smallest absolute Gasteiger partial charge is 0.343 e. The van der Waals surface area contributed by atoms with Crippen LogP contribution in [0.5, 0.6) is 5.75 Å². The lowest BCUT2D eigenvalue weighted by Gasteiger charge is -2.28. The first-order chi connectivity index (χ1) is 11.5. The third-order valence-electron chi connectivity index (χ3n) is 3.91. The largest absolute Gasteiger partial charge is 0.505 e. The maximum absolute atomic E-state index is 12.7. The maximum Gasteiger partial charge on any atom is 0.343 e. The summed E-state index contributed by atoms with van der Waals surface area (Å²) >= 11 is 5.97. The minimum atomic E-state index is -0.633. The Morgan fingerprint density at radius 1 is 1.38 bits per heavy atom. The molecule has 2 aromatic rings. The van der Waals surface area contributed by atoms with E-state index in [9.17, 15) is 14.7 Å². The molecule has 2 heterocycles. The average molecular weight is 349 g/mol. The van der Waals surface area contributed by atoms with Gasteiger partial charge in [-0.25, -0.2) is 4.79 Å². The van der Waals surface area contributed by atoms with Gasteiger partial charge in [0.2, 0.25) is 0 Å². The Kier molecular flexibility index (Phi) is 4.49. The molecule has 0 fully saturated rings. The Hall–Kier alpha value is -2.47. The number of aromatic nitrogens is 1. The molecular formula is C17H17ClN2O4. The Labute approximate surface area is 144 Å². The van der Waals surface area contributed by atoms with Gasteiger partial charge in [0.1, 0.15) is 5.56 Å². The van der Waals surface area contributed by atoms with Gasteiger partial charge in [0.15, 0.2) is 11.4 Å². The summed E-state index contributed by atoms with van der Waals surface area (Å²) in [6.07, 6.45) is 1.47. The summed E-state index contributed by atoms with van der Waals surface area (Å²) in [4.78, 5) is 26.2. The number of benzene rings is 1. The zero-order valence-electron chi connectivity index (χ0n) is 13.2. The number of carbonyl (C=O) groups is 2. The second-order valence-corrected chi connectivity index (χ2v) is 5.95. The minimum absolute atomic E-state index is 0.0183. The highest BCUT2D eigenvalue weighted by Gasteiger charge is 2.32. The molecular weight excluding hydrogens is 332 g/mol. The summed E-state index contributed by atoms with van der Waals surface area (Å²) in [5.41, 5.74) is 1.04. The van der Waals surface area contributed by atoms with Crippen LogP contribution in [-0.2, 0) is 17.8 Å². The highest BCUT2D eigenvalue weighted by molar-refractivity contribution is 6.30. The van der Waals surface area contributed by atoms with Gasteiger partial charge in [0.05, 0.1) is 6.61 Å². The summed E-state index contributed by atoms with van der Waals surface area (Å²) in [6, 6.07) is 7.28. The van der Waals surface area contributed by atoms with Gasteiger partial charge in [-0.05, 0) is 24.6 Å². The summed E-state index contributed by atoms with van der Waals surface area (Å²) in [5.74, 6) is -1.28. The van der Waals surface area contributed by atoms with Crippen LogP contribution >= 0.6 is 11.6 Å². The molecule has 0 saturated carbocycles. The van der Waals surface area contributed by atoms with Gasteiger partial charge in [-0.15, -0.1) is 0 Å². The van der Waals surface area contributed by atoms with Crippen molar-refractivity contribution in [2.45, 2.75) is 20.0 Å². The first kappa shape index (κ1) is 16.4. The van der Waals surface area contributed by atoms with Crippen LogP contribution in [0.2, 0.25) is 5.02 Å². The summed E-state index contributed by atoms with van der Waals surface area (Å²) in [7, 11) is 0. The van der Waals surface area contributed by atoms with E-state index in [2.05, 4.69) is 0 Å². The molecule has 0 spiro atoms. The van der Waals surface area contributed by atoms with E-state index in [1.165, 1.54) is 6.20 Å². The molecule has 0 bridgehead atoms. The van der Waals surface area contributed by atoms with Crippen LogP contribution in [0.4, 0.5) is 0 Å². The monoisotopic (exact) mass is 348 g/mol. The fraction of sp³-hybridized carbons (Fsp3) is 0.294. The average Bonchev–Trinajstić information content (AvgIpc) is 2.88. The summed E-state index contributed by atoms with van der Waals surface area (Å²) in [5, 5.41) is 10.9. The topological polar surface area (TPSA) is 71.8 Å². The molecule has 7 heteroatoms. The standard InChI is InChI=1S/C17H17ClN2O4/c1-2-24-17(23)13-10-19-6-7-20(16(22)14(19)15(13)21)9-11-4-3-5-12(18)8-11/h3-5,8,10,21H,2,6-7,9H2,1H3. The van der Waals surface area contributed by atoms with Crippen molar-refractivity contribution >= 4 is 23.5 Å². The van der Waals surface area contributed by atoms with Gasteiger partial charge in [-0.2, -0.15) is 0 Å². The quantitative estimate of drug-likeness (QED) is 0.862. The van der Waals surface area contributed by atoms with Crippen molar-refractivity contribution in [1.29, 1.82) is 0 Å². The van der Waals surface area contributed by atoms with Crippen molar-refractivity contribution in [3.8, 4) is 5.75 Å². The van der Waals surface area contributed by atoms with Crippen LogP contribution in [0, 0.1) is 0 Å². The molecule has 0 atom stereocenters. The van der Waals surface area contributed by atoms with Crippen LogP contribution < -0.4 is 0 Å². The van der Waals surface area contributed by atoms with E-state index in [1.54, 1.807) is 28.5 Å². The molecule has 1 amide bonds. The summed E-state index contributed by atoms with van der Waals surface area (Å²) < 4.78 is 6.50. The molecule has 0 radical (unpaired) electrons. The first-order valence-corrected chi connectivity index (χ1v) is 8.02. The number of esters is 1. The molecule has 1 aromatic carbocycles. The third-order valence-corrected chi connectivity index (χ3v) is 4.15. The number of fused-ring (bicyclic) bond motifs is 1.